The van der Waals surface area contributed by atoms with E-state index >= 15 is 0 Å². The van der Waals surface area contributed by atoms with Crippen LogP contribution in [0.4, 0.5) is 23.5 Å². The summed E-state index contributed by atoms with van der Waals surface area (Å²) in [5.74, 6) is -0.415. The predicted octanol–water partition coefficient (Wildman–Crippen LogP) is 3.86. The van der Waals surface area contributed by atoms with Crippen LogP contribution < -0.4 is 5.73 Å². The minimum atomic E-state index is -4.20. The van der Waals surface area contributed by atoms with Crippen LogP contribution in [-0.2, 0) is 6.54 Å². The summed E-state index contributed by atoms with van der Waals surface area (Å²) in [5.41, 5.74) is 6.47. The molecule has 2 rings (SSSR count). The Labute approximate surface area is 114 Å². The molecule has 0 fully saturated rings. The van der Waals surface area contributed by atoms with Gasteiger partial charge in [-0.15, -0.1) is 0 Å². The number of hydrogen-bond acceptors (Lipinski definition) is 2. The smallest absolute Gasteiger partial charge is 0.369 e. The van der Waals surface area contributed by atoms with Crippen LogP contribution in [-0.4, -0.2) is 15.7 Å². The fourth-order valence-electron chi connectivity index (χ4n) is 1.81. The zero-order valence-corrected chi connectivity index (χ0v) is 11.2. The molecule has 1 aromatic heterocycles. The number of aryl methyl sites for hydroxylation is 1. The third-order valence-electron chi connectivity index (χ3n) is 2.66. The van der Waals surface area contributed by atoms with Crippen molar-refractivity contribution >= 4 is 32.9 Å². The van der Waals surface area contributed by atoms with E-state index in [4.69, 9.17) is 5.73 Å². The normalized spacial score (nSPS) is 12.3. The molecule has 1 heterocycles. The second-order valence-corrected chi connectivity index (χ2v) is 4.95. The zero-order chi connectivity index (χ0) is 14.2. The fraction of sp³-hybridized carbons (Fsp3) is 0.364. The topological polar surface area (TPSA) is 43.8 Å². The second-order valence-electron chi connectivity index (χ2n) is 4.10. The van der Waals surface area contributed by atoms with E-state index in [1.807, 2.05) is 0 Å². The summed E-state index contributed by atoms with van der Waals surface area (Å²) in [6.07, 6.45) is -5.19. The lowest BCUT2D eigenvalue weighted by Gasteiger charge is -2.08. The van der Waals surface area contributed by atoms with E-state index in [1.54, 1.807) is 0 Å². The summed E-state index contributed by atoms with van der Waals surface area (Å²) in [6, 6.07) is 2.65. The van der Waals surface area contributed by atoms with Crippen LogP contribution in [0.25, 0.3) is 11.0 Å². The maximum atomic E-state index is 13.3. The summed E-state index contributed by atoms with van der Waals surface area (Å²) < 4.78 is 51.3. The number of hydrogen-bond donors (Lipinski definition) is 1. The highest BCUT2D eigenvalue weighted by atomic mass is 79.9. The molecule has 0 amide bonds. The van der Waals surface area contributed by atoms with Crippen molar-refractivity contribution in [2.24, 2.45) is 0 Å². The van der Waals surface area contributed by atoms with Gasteiger partial charge in [0.15, 0.2) is 0 Å². The molecular formula is C11H10BrF4N3. The number of alkyl halides is 3. The van der Waals surface area contributed by atoms with Gasteiger partial charge < -0.3 is 10.3 Å². The van der Waals surface area contributed by atoms with E-state index in [0.29, 0.717) is 11.0 Å². The van der Waals surface area contributed by atoms with Crippen molar-refractivity contribution in [3.8, 4) is 0 Å². The van der Waals surface area contributed by atoms with Crippen molar-refractivity contribution in [1.82, 2.24) is 9.55 Å². The minimum absolute atomic E-state index is 0.0784. The summed E-state index contributed by atoms with van der Waals surface area (Å²) in [4.78, 5) is 3.93. The third kappa shape index (κ3) is 3.17. The Balaban J connectivity index is 2.27. The van der Waals surface area contributed by atoms with Gasteiger partial charge in [0.1, 0.15) is 5.82 Å². The van der Waals surface area contributed by atoms with Gasteiger partial charge in [0.05, 0.1) is 15.5 Å². The Morgan fingerprint density at radius 3 is 2.63 bits per heavy atom. The van der Waals surface area contributed by atoms with Crippen LogP contribution in [0.5, 0.6) is 0 Å². The number of anilines is 1. The van der Waals surface area contributed by atoms with Gasteiger partial charge in [0.25, 0.3) is 0 Å². The number of aromatic nitrogens is 2. The number of nitrogens with two attached hydrogens (primary N) is 1. The fourth-order valence-corrected chi connectivity index (χ4v) is 2.14. The molecular weight excluding hydrogens is 330 g/mol. The van der Waals surface area contributed by atoms with E-state index in [9.17, 15) is 17.6 Å². The van der Waals surface area contributed by atoms with Crippen LogP contribution in [0.2, 0.25) is 0 Å². The van der Waals surface area contributed by atoms with Gasteiger partial charge in [-0.05, 0) is 28.4 Å². The Kier molecular flexibility index (Phi) is 3.71. The maximum absolute atomic E-state index is 13.3. The summed E-state index contributed by atoms with van der Waals surface area (Å²) >= 11 is 3.02. The van der Waals surface area contributed by atoms with E-state index < -0.39 is 18.4 Å². The number of nitrogens with zero attached hydrogens (tertiary/aromatic N) is 2. The number of nitrogen functional groups attached to an aromatic ring is 1. The maximum Gasteiger partial charge on any atom is 0.389 e. The van der Waals surface area contributed by atoms with E-state index in [0.717, 1.165) is 0 Å². The number of halogens is 5. The molecule has 0 saturated heterocycles. The van der Waals surface area contributed by atoms with E-state index in [2.05, 4.69) is 20.9 Å². The molecule has 19 heavy (non-hydrogen) atoms. The third-order valence-corrected chi connectivity index (χ3v) is 3.27. The lowest BCUT2D eigenvalue weighted by atomic mass is 10.2. The van der Waals surface area contributed by atoms with Crippen LogP contribution in [0.15, 0.2) is 16.6 Å². The molecule has 3 nitrogen and oxygen atoms in total. The molecule has 1 aromatic carbocycles. The van der Waals surface area contributed by atoms with Crippen LogP contribution >= 0.6 is 15.9 Å². The highest BCUT2D eigenvalue weighted by molar-refractivity contribution is 9.10. The second kappa shape index (κ2) is 4.99. The first-order valence-corrected chi connectivity index (χ1v) is 6.25. The molecule has 0 radical (unpaired) electrons. The Morgan fingerprint density at radius 2 is 2.00 bits per heavy atom. The Hall–Kier alpha value is -1.31. The molecule has 104 valence electrons. The van der Waals surface area contributed by atoms with E-state index in [1.165, 1.54) is 16.7 Å². The number of benzene rings is 1. The summed E-state index contributed by atoms with van der Waals surface area (Å²) in [5, 5.41) is 0. The molecule has 2 N–H and O–H groups in total. The van der Waals surface area contributed by atoms with E-state index in [-0.39, 0.29) is 23.4 Å². The van der Waals surface area contributed by atoms with Gasteiger partial charge in [-0.2, -0.15) is 13.2 Å². The number of rotatable bonds is 3. The van der Waals surface area contributed by atoms with Crippen molar-refractivity contribution in [1.29, 1.82) is 0 Å². The van der Waals surface area contributed by atoms with Gasteiger partial charge >= 0.3 is 6.18 Å². The lowest BCUT2D eigenvalue weighted by Crippen LogP contribution is -2.10. The summed E-state index contributed by atoms with van der Waals surface area (Å²) in [7, 11) is 0. The summed E-state index contributed by atoms with van der Waals surface area (Å²) in [6.45, 7) is 0.0832. The largest absolute Gasteiger partial charge is 0.389 e. The highest BCUT2D eigenvalue weighted by Gasteiger charge is 2.26. The van der Waals surface area contributed by atoms with Gasteiger partial charge in [0, 0.05) is 19.0 Å². The molecule has 0 unspecified atom stereocenters. The van der Waals surface area contributed by atoms with Crippen LogP contribution in [0.3, 0.4) is 0 Å². The highest BCUT2D eigenvalue weighted by Crippen LogP contribution is 2.27. The lowest BCUT2D eigenvalue weighted by molar-refractivity contribution is -0.135. The minimum Gasteiger partial charge on any atom is -0.369 e. The molecule has 0 aliphatic carbocycles. The Morgan fingerprint density at radius 1 is 1.32 bits per heavy atom. The van der Waals surface area contributed by atoms with Crippen molar-refractivity contribution in [2.75, 3.05) is 5.73 Å². The van der Waals surface area contributed by atoms with Gasteiger partial charge in [0.2, 0.25) is 5.95 Å². The van der Waals surface area contributed by atoms with Crippen molar-refractivity contribution in [2.45, 2.75) is 25.6 Å². The average Bonchev–Trinajstić information content (AvgIpc) is 2.55. The SMILES string of the molecule is Nc1nc2cc(F)c(Br)cc2n1CCCC(F)(F)F. The molecule has 0 atom stereocenters. The van der Waals surface area contributed by atoms with Gasteiger partial charge in [-0.1, -0.05) is 0 Å². The van der Waals surface area contributed by atoms with Gasteiger partial charge in [-0.25, -0.2) is 9.37 Å². The molecule has 0 aliphatic rings. The predicted molar refractivity (Wildman–Crippen MR) is 67.1 cm³/mol. The molecule has 2 aromatic rings. The first-order chi connectivity index (χ1) is 8.78. The first-order valence-electron chi connectivity index (χ1n) is 5.45. The van der Waals surface area contributed by atoms with Crippen LogP contribution in [0.1, 0.15) is 12.8 Å². The Bertz CT molecular complexity index is 606. The molecule has 0 bridgehead atoms. The quantitative estimate of drug-likeness (QED) is 0.863. The monoisotopic (exact) mass is 339 g/mol. The van der Waals surface area contributed by atoms with Gasteiger partial charge in [-0.3, -0.25) is 0 Å². The molecule has 0 aliphatic heterocycles. The zero-order valence-electron chi connectivity index (χ0n) is 9.64. The molecule has 0 spiro atoms. The number of imidazole rings is 1. The first kappa shape index (κ1) is 14.1. The average molecular weight is 340 g/mol. The standard InChI is InChI=1S/C11H10BrF4N3/c12-6-4-9-8(5-7(6)13)18-10(17)19(9)3-1-2-11(14,15)16/h4-5H,1-3H2,(H2,17,18). The van der Waals surface area contributed by atoms with Crippen molar-refractivity contribution in [3.05, 3.63) is 22.4 Å². The molecule has 8 heteroatoms. The van der Waals surface area contributed by atoms with Crippen molar-refractivity contribution < 1.29 is 17.6 Å². The van der Waals surface area contributed by atoms with Crippen molar-refractivity contribution in [3.63, 3.8) is 0 Å². The van der Waals surface area contributed by atoms with Crippen LogP contribution in [0, 0.1) is 5.82 Å². The number of fused-ring (bicyclic) bond motifs is 1. The molecule has 0 saturated carbocycles.